The fourth-order valence-electron chi connectivity index (χ4n) is 3.27. The molecule has 0 saturated carbocycles. The summed E-state index contributed by atoms with van der Waals surface area (Å²) in [6.45, 7) is 1.50. The van der Waals surface area contributed by atoms with E-state index in [4.69, 9.17) is 0 Å². The zero-order valence-electron chi connectivity index (χ0n) is 11.5. The number of anilines is 1. The Morgan fingerprint density at radius 1 is 1.40 bits per heavy atom. The molecule has 2 bridgehead atoms. The monoisotopic (exact) mass is 293 g/mol. The standard InChI is InChI=1S/C14H19N3O2S/c1-8(18)12-7-15-14(20-12)17-13(19)6-9-4-10-2-3-11(5-9)16-10/h7,9-11,16H,2-6H2,1H3,(H,15,17,19). The molecule has 108 valence electrons. The minimum Gasteiger partial charge on any atom is -0.311 e. The molecule has 3 rings (SSSR count). The highest BCUT2D eigenvalue weighted by molar-refractivity contribution is 7.17. The van der Waals surface area contributed by atoms with Crippen LogP contribution in [0.25, 0.3) is 0 Å². The predicted octanol–water partition coefficient (Wildman–Crippen LogP) is 2.20. The van der Waals surface area contributed by atoms with Gasteiger partial charge in [-0.2, -0.15) is 0 Å². The predicted molar refractivity (Wildman–Crippen MR) is 78.0 cm³/mol. The Morgan fingerprint density at radius 2 is 2.10 bits per heavy atom. The summed E-state index contributed by atoms with van der Waals surface area (Å²) >= 11 is 1.24. The summed E-state index contributed by atoms with van der Waals surface area (Å²) in [5.74, 6) is 0.472. The van der Waals surface area contributed by atoms with E-state index in [2.05, 4.69) is 15.6 Å². The van der Waals surface area contributed by atoms with Gasteiger partial charge in [-0.3, -0.25) is 9.59 Å². The molecular formula is C14H19N3O2S. The van der Waals surface area contributed by atoms with Gasteiger partial charge in [0.1, 0.15) is 0 Å². The van der Waals surface area contributed by atoms with Gasteiger partial charge in [0.05, 0.1) is 11.1 Å². The largest absolute Gasteiger partial charge is 0.311 e. The van der Waals surface area contributed by atoms with Crippen molar-refractivity contribution in [1.29, 1.82) is 0 Å². The average molecular weight is 293 g/mol. The molecule has 0 aromatic carbocycles. The van der Waals surface area contributed by atoms with Crippen molar-refractivity contribution in [2.24, 2.45) is 5.92 Å². The molecule has 1 amide bonds. The highest BCUT2D eigenvalue weighted by atomic mass is 32.1. The summed E-state index contributed by atoms with van der Waals surface area (Å²) in [6.07, 6.45) is 6.77. The van der Waals surface area contributed by atoms with E-state index in [0.717, 1.165) is 12.8 Å². The number of carbonyl (C=O) groups excluding carboxylic acids is 2. The van der Waals surface area contributed by atoms with Gasteiger partial charge < -0.3 is 10.6 Å². The molecule has 2 N–H and O–H groups in total. The Kier molecular flexibility index (Phi) is 3.85. The Labute approximate surface area is 122 Å². The molecule has 20 heavy (non-hydrogen) atoms. The number of hydrogen-bond donors (Lipinski definition) is 2. The molecule has 5 nitrogen and oxygen atoms in total. The maximum Gasteiger partial charge on any atom is 0.226 e. The van der Waals surface area contributed by atoms with Crippen LogP contribution in [-0.2, 0) is 4.79 Å². The molecule has 3 heterocycles. The number of fused-ring (bicyclic) bond motifs is 2. The van der Waals surface area contributed by atoms with Gasteiger partial charge in [0, 0.05) is 25.4 Å². The van der Waals surface area contributed by atoms with Crippen molar-refractivity contribution < 1.29 is 9.59 Å². The van der Waals surface area contributed by atoms with Crippen molar-refractivity contribution in [2.45, 2.75) is 51.1 Å². The minimum atomic E-state index is -0.0158. The second-order valence-electron chi connectivity index (χ2n) is 5.81. The molecule has 2 unspecified atom stereocenters. The van der Waals surface area contributed by atoms with Crippen LogP contribution in [0.4, 0.5) is 5.13 Å². The third-order valence-corrected chi connectivity index (χ3v) is 5.16. The number of Topliss-reactive ketones (excluding diaryl/α,β-unsaturated/α-hetero) is 1. The maximum atomic E-state index is 12.0. The third-order valence-electron chi connectivity index (χ3n) is 4.14. The summed E-state index contributed by atoms with van der Waals surface area (Å²) in [6, 6.07) is 1.21. The topological polar surface area (TPSA) is 71.1 Å². The van der Waals surface area contributed by atoms with Crippen molar-refractivity contribution in [3.63, 3.8) is 0 Å². The lowest BCUT2D eigenvalue weighted by Gasteiger charge is -2.28. The first-order valence-corrected chi connectivity index (χ1v) is 7.94. The fourth-order valence-corrected chi connectivity index (χ4v) is 4.00. The number of rotatable bonds is 4. The first-order chi connectivity index (χ1) is 9.60. The van der Waals surface area contributed by atoms with E-state index in [1.54, 1.807) is 0 Å². The molecule has 2 fully saturated rings. The molecule has 0 spiro atoms. The molecule has 6 heteroatoms. The summed E-state index contributed by atoms with van der Waals surface area (Å²) in [5.41, 5.74) is 0. The summed E-state index contributed by atoms with van der Waals surface area (Å²) < 4.78 is 0. The Hall–Kier alpha value is -1.27. The van der Waals surface area contributed by atoms with Gasteiger partial charge in [0.15, 0.2) is 10.9 Å². The van der Waals surface area contributed by atoms with E-state index in [1.807, 2.05) is 0 Å². The highest BCUT2D eigenvalue weighted by Gasteiger charge is 2.34. The molecule has 0 radical (unpaired) electrons. The number of hydrogen-bond acceptors (Lipinski definition) is 5. The highest BCUT2D eigenvalue weighted by Crippen LogP contribution is 2.32. The van der Waals surface area contributed by atoms with E-state index in [0.29, 0.717) is 34.4 Å². The molecule has 0 aliphatic carbocycles. The summed E-state index contributed by atoms with van der Waals surface area (Å²) in [7, 11) is 0. The summed E-state index contributed by atoms with van der Waals surface area (Å²) in [4.78, 5) is 27.9. The van der Waals surface area contributed by atoms with Crippen molar-refractivity contribution in [2.75, 3.05) is 5.32 Å². The molecule has 1 aromatic heterocycles. The van der Waals surface area contributed by atoms with E-state index in [9.17, 15) is 9.59 Å². The van der Waals surface area contributed by atoms with Crippen molar-refractivity contribution in [3.8, 4) is 0 Å². The van der Waals surface area contributed by atoms with E-state index in [1.165, 1.54) is 37.3 Å². The quantitative estimate of drug-likeness (QED) is 0.835. The van der Waals surface area contributed by atoms with E-state index < -0.39 is 0 Å². The van der Waals surface area contributed by atoms with E-state index >= 15 is 0 Å². The second-order valence-corrected chi connectivity index (χ2v) is 6.84. The van der Waals surface area contributed by atoms with Crippen LogP contribution in [-0.4, -0.2) is 28.8 Å². The normalized spacial score (nSPS) is 28.4. The van der Waals surface area contributed by atoms with Crippen LogP contribution >= 0.6 is 11.3 Å². The molecule has 2 aliphatic rings. The lowest BCUT2D eigenvalue weighted by atomic mass is 9.89. The van der Waals surface area contributed by atoms with Crippen molar-refractivity contribution >= 4 is 28.2 Å². The van der Waals surface area contributed by atoms with E-state index in [-0.39, 0.29) is 11.7 Å². The fraction of sp³-hybridized carbons (Fsp3) is 0.643. The number of carbonyl (C=O) groups is 2. The molecule has 1 aromatic rings. The molecule has 2 saturated heterocycles. The van der Waals surface area contributed by atoms with Gasteiger partial charge in [0.2, 0.25) is 5.91 Å². The SMILES string of the molecule is CC(=O)c1cnc(NC(=O)CC2CC3CCC(C2)N3)s1. The zero-order valence-corrected chi connectivity index (χ0v) is 12.3. The Morgan fingerprint density at radius 3 is 2.70 bits per heavy atom. The van der Waals surface area contributed by atoms with Crippen LogP contribution in [0.2, 0.25) is 0 Å². The van der Waals surface area contributed by atoms with Crippen LogP contribution in [0.15, 0.2) is 6.20 Å². The number of nitrogens with one attached hydrogen (secondary N) is 2. The van der Waals surface area contributed by atoms with Crippen LogP contribution < -0.4 is 10.6 Å². The van der Waals surface area contributed by atoms with Crippen molar-refractivity contribution in [3.05, 3.63) is 11.1 Å². The number of amides is 1. The van der Waals surface area contributed by atoms with Crippen LogP contribution in [0.5, 0.6) is 0 Å². The summed E-state index contributed by atoms with van der Waals surface area (Å²) in [5, 5.41) is 6.92. The van der Waals surface area contributed by atoms with Gasteiger partial charge in [-0.05, 0) is 31.6 Å². The first kappa shape index (κ1) is 13.7. The minimum absolute atomic E-state index is 0.0146. The van der Waals surface area contributed by atoms with Crippen molar-refractivity contribution in [1.82, 2.24) is 10.3 Å². The zero-order chi connectivity index (χ0) is 14.1. The first-order valence-electron chi connectivity index (χ1n) is 7.13. The molecule has 2 atom stereocenters. The smallest absolute Gasteiger partial charge is 0.226 e. The van der Waals surface area contributed by atoms with Gasteiger partial charge >= 0.3 is 0 Å². The number of nitrogens with zero attached hydrogens (tertiary/aromatic N) is 1. The molecular weight excluding hydrogens is 274 g/mol. The Balaban J connectivity index is 1.53. The number of ketones is 1. The maximum absolute atomic E-state index is 12.0. The van der Waals surface area contributed by atoms with Crippen LogP contribution in [0, 0.1) is 5.92 Å². The Bertz CT molecular complexity index is 516. The van der Waals surface area contributed by atoms with Crippen LogP contribution in [0.1, 0.15) is 48.7 Å². The number of thiazole rings is 1. The lowest BCUT2D eigenvalue weighted by Crippen LogP contribution is -2.39. The van der Waals surface area contributed by atoms with Gasteiger partial charge in [0.25, 0.3) is 0 Å². The van der Waals surface area contributed by atoms with Gasteiger partial charge in [-0.1, -0.05) is 11.3 Å². The third kappa shape index (κ3) is 3.07. The van der Waals surface area contributed by atoms with Gasteiger partial charge in [-0.25, -0.2) is 4.98 Å². The van der Waals surface area contributed by atoms with Gasteiger partial charge in [-0.15, -0.1) is 0 Å². The average Bonchev–Trinajstić information content (AvgIpc) is 2.96. The number of aromatic nitrogens is 1. The van der Waals surface area contributed by atoms with Crippen LogP contribution in [0.3, 0.4) is 0 Å². The second kappa shape index (κ2) is 5.61. The number of piperidine rings is 1. The molecule has 2 aliphatic heterocycles. The lowest BCUT2D eigenvalue weighted by molar-refractivity contribution is -0.117.